The van der Waals surface area contributed by atoms with E-state index < -0.39 is 12.1 Å². The lowest BCUT2D eigenvalue weighted by Crippen LogP contribution is -2.56. The van der Waals surface area contributed by atoms with E-state index in [0.717, 1.165) is 27.7 Å². The van der Waals surface area contributed by atoms with Crippen molar-refractivity contribution in [2.75, 3.05) is 33.1 Å². The van der Waals surface area contributed by atoms with Gasteiger partial charge in [0.15, 0.2) is 11.5 Å². The second kappa shape index (κ2) is 8.22. The van der Waals surface area contributed by atoms with Crippen LogP contribution >= 0.6 is 0 Å². The van der Waals surface area contributed by atoms with Crippen molar-refractivity contribution in [2.24, 2.45) is 0 Å². The van der Waals surface area contributed by atoms with Gasteiger partial charge >= 0.3 is 0 Å². The monoisotopic (exact) mass is 461 g/mol. The molecular formula is C26H27N3O5. The number of carbonyl (C=O) groups excluding carboxylic acids is 2. The van der Waals surface area contributed by atoms with Crippen molar-refractivity contribution in [1.82, 2.24) is 14.8 Å². The Bertz CT molecular complexity index is 1300. The van der Waals surface area contributed by atoms with Crippen LogP contribution in [0.5, 0.6) is 11.5 Å². The molecule has 176 valence electrons. The number of hydrogen-bond acceptors (Lipinski definition) is 5. The minimum atomic E-state index is -0.661. The van der Waals surface area contributed by atoms with Crippen molar-refractivity contribution < 1.29 is 25.2 Å². The largest absolute Gasteiger partial charge is 0.454 e. The molecule has 8 nitrogen and oxygen atoms in total. The van der Waals surface area contributed by atoms with E-state index in [1.807, 2.05) is 36.4 Å². The second-order valence-electron chi connectivity index (χ2n) is 8.69. The number of para-hydroxylation sites is 1. The molecule has 2 aromatic carbocycles. The number of morpholine rings is 1. The molecule has 3 aromatic rings. The molecular weight excluding hydrogens is 434 g/mol. The summed E-state index contributed by atoms with van der Waals surface area (Å²) in [6, 6.07) is 12.5. The SMILES string of the molecule is C=CC(=O)N1[C@@H](c2ccc3c(c2)OCO3)c2[nH]c3ccccc3c2C[C@H]1C(=O)N1CCOCC1.[HH]. The fourth-order valence-corrected chi connectivity index (χ4v) is 5.28. The van der Waals surface area contributed by atoms with Crippen LogP contribution in [0.15, 0.2) is 55.1 Å². The lowest BCUT2D eigenvalue weighted by Gasteiger charge is -2.43. The number of aromatic amines is 1. The summed E-state index contributed by atoms with van der Waals surface area (Å²) in [6.07, 6.45) is 1.71. The Hall–Kier alpha value is -3.78. The third-order valence-corrected chi connectivity index (χ3v) is 6.88. The van der Waals surface area contributed by atoms with Crippen molar-refractivity contribution >= 4 is 22.7 Å². The topological polar surface area (TPSA) is 84.1 Å². The van der Waals surface area contributed by atoms with Gasteiger partial charge in [-0.2, -0.15) is 0 Å². The van der Waals surface area contributed by atoms with Gasteiger partial charge in [0.2, 0.25) is 18.6 Å². The van der Waals surface area contributed by atoms with Gasteiger partial charge in [0.05, 0.1) is 19.3 Å². The number of carbonyl (C=O) groups is 2. The van der Waals surface area contributed by atoms with Gasteiger partial charge in [0.25, 0.3) is 0 Å². The van der Waals surface area contributed by atoms with E-state index in [2.05, 4.69) is 17.6 Å². The van der Waals surface area contributed by atoms with Crippen LogP contribution in [-0.4, -0.2) is 65.7 Å². The zero-order chi connectivity index (χ0) is 23.2. The maximum atomic E-state index is 13.8. The van der Waals surface area contributed by atoms with Crippen molar-refractivity contribution in [3.05, 3.63) is 71.9 Å². The van der Waals surface area contributed by atoms with Gasteiger partial charge in [-0.1, -0.05) is 30.8 Å². The quantitative estimate of drug-likeness (QED) is 0.607. The van der Waals surface area contributed by atoms with Crippen molar-refractivity contribution in [3.8, 4) is 11.5 Å². The number of hydrogen-bond donors (Lipinski definition) is 1. The maximum Gasteiger partial charge on any atom is 0.247 e. The van der Waals surface area contributed by atoms with Gasteiger partial charge in [-0.15, -0.1) is 0 Å². The first-order valence-electron chi connectivity index (χ1n) is 11.5. The van der Waals surface area contributed by atoms with Gasteiger partial charge in [-0.3, -0.25) is 9.59 Å². The van der Waals surface area contributed by atoms with Crippen LogP contribution in [0.25, 0.3) is 10.9 Å². The Morgan fingerprint density at radius 3 is 2.71 bits per heavy atom. The molecule has 1 N–H and O–H groups in total. The molecule has 3 aliphatic heterocycles. The van der Waals surface area contributed by atoms with Crippen molar-refractivity contribution in [1.29, 1.82) is 0 Å². The highest BCUT2D eigenvalue weighted by atomic mass is 16.7. The summed E-state index contributed by atoms with van der Waals surface area (Å²) in [7, 11) is 0. The zero-order valence-corrected chi connectivity index (χ0v) is 18.7. The molecule has 6 rings (SSSR count). The van der Waals surface area contributed by atoms with E-state index in [-0.39, 0.29) is 20.0 Å². The molecule has 34 heavy (non-hydrogen) atoms. The summed E-state index contributed by atoms with van der Waals surface area (Å²) >= 11 is 0. The summed E-state index contributed by atoms with van der Waals surface area (Å²) in [5.74, 6) is 0.931. The van der Waals surface area contributed by atoms with Crippen LogP contribution in [-0.2, 0) is 20.7 Å². The summed E-state index contributed by atoms with van der Waals surface area (Å²) in [5, 5.41) is 1.06. The molecule has 2 amide bonds. The minimum absolute atomic E-state index is 0. The number of nitrogens with zero attached hydrogens (tertiary/aromatic N) is 2. The molecule has 0 aliphatic carbocycles. The van der Waals surface area contributed by atoms with Crippen LogP contribution in [0.1, 0.15) is 24.3 Å². The molecule has 0 radical (unpaired) electrons. The average Bonchev–Trinajstić information content (AvgIpc) is 3.51. The Labute approximate surface area is 198 Å². The minimum Gasteiger partial charge on any atom is -0.454 e. The third kappa shape index (κ3) is 3.25. The Kier molecular flexibility index (Phi) is 5.03. The number of ether oxygens (including phenoxy) is 3. The number of nitrogens with one attached hydrogen (secondary N) is 1. The van der Waals surface area contributed by atoms with Crippen LogP contribution in [0.4, 0.5) is 0 Å². The fourth-order valence-electron chi connectivity index (χ4n) is 5.28. The maximum absolute atomic E-state index is 13.8. The molecule has 8 heteroatoms. The van der Waals surface area contributed by atoms with Crippen LogP contribution in [0, 0.1) is 0 Å². The predicted molar refractivity (Wildman–Crippen MR) is 127 cm³/mol. The second-order valence-corrected chi connectivity index (χ2v) is 8.69. The van der Waals surface area contributed by atoms with Crippen LogP contribution < -0.4 is 9.47 Å². The van der Waals surface area contributed by atoms with E-state index in [1.54, 1.807) is 9.80 Å². The first-order chi connectivity index (χ1) is 16.7. The van der Waals surface area contributed by atoms with Gasteiger partial charge in [-0.25, -0.2) is 0 Å². The fraction of sp³-hybridized carbons (Fsp3) is 0.308. The first kappa shape index (κ1) is 20.8. The Balaban J connectivity index is 0.00000253. The molecule has 0 spiro atoms. The number of amides is 2. The summed E-state index contributed by atoms with van der Waals surface area (Å²) < 4.78 is 16.6. The molecule has 1 saturated heterocycles. The lowest BCUT2D eigenvalue weighted by molar-refractivity contribution is -0.148. The van der Waals surface area contributed by atoms with E-state index in [4.69, 9.17) is 14.2 Å². The number of rotatable bonds is 3. The summed E-state index contributed by atoms with van der Waals surface area (Å²) in [4.78, 5) is 34.2. The molecule has 1 aromatic heterocycles. The Morgan fingerprint density at radius 2 is 1.88 bits per heavy atom. The highest BCUT2D eigenvalue weighted by Gasteiger charge is 2.44. The highest BCUT2D eigenvalue weighted by Crippen LogP contribution is 2.44. The normalized spacial score (nSPS) is 21.4. The molecule has 4 heterocycles. The summed E-state index contributed by atoms with van der Waals surface area (Å²) in [5.41, 5.74) is 3.77. The van der Waals surface area contributed by atoms with E-state index in [0.29, 0.717) is 44.2 Å². The van der Waals surface area contributed by atoms with Crippen LogP contribution in [0.2, 0.25) is 0 Å². The average molecular weight is 462 g/mol. The molecule has 3 aliphatic rings. The van der Waals surface area contributed by atoms with E-state index in [1.165, 1.54) is 6.08 Å². The number of aromatic nitrogens is 1. The van der Waals surface area contributed by atoms with Crippen molar-refractivity contribution in [3.63, 3.8) is 0 Å². The smallest absolute Gasteiger partial charge is 0.247 e. The zero-order valence-electron chi connectivity index (χ0n) is 18.7. The molecule has 0 bridgehead atoms. The number of benzene rings is 2. The highest BCUT2D eigenvalue weighted by molar-refractivity contribution is 5.96. The van der Waals surface area contributed by atoms with Gasteiger partial charge in [0.1, 0.15) is 6.04 Å². The molecule has 0 unspecified atom stereocenters. The molecule has 1 fully saturated rings. The third-order valence-electron chi connectivity index (χ3n) is 6.88. The van der Waals surface area contributed by atoms with E-state index in [9.17, 15) is 9.59 Å². The number of H-pyrrole nitrogens is 1. The Morgan fingerprint density at radius 1 is 1.09 bits per heavy atom. The number of fused-ring (bicyclic) bond motifs is 4. The standard InChI is InChI=1S/C26H25N3O5.H2/c1-2-23(30)29-20(26(31)28-9-11-32-12-10-28)14-18-17-5-3-4-6-19(17)27-24(18)25(29)16-7-8-21-22(13-16)34-15-33-21;/h2-8,13,20,25,27H,1,9-12,14-15H2;1H/t20-,25-;/m0./s1. The van der Waals surface area contributed by atoms with Crippen LogP contribution in [0.3, 0.4) is 0 Å². The van der Waals surface area contributed by atoms with Gasteiger partial charge < -0.3 is 29.0 Å². The van der Waals surface area contributed by atoms with Gasteiger partial charge in [-0.05, 0) is 35.4 Å². The molecule has 0 saturated carbocycles. The lowest BCUT2D eigenvalue weighted by atomic mass is 9.87. The first-order valence-corrected chi connectivity index (χ1v) is 11.5. The molecule has 2 atom stereocenters. The van der Waals surface area contributed by atoms with Gasteiger partial charge in [0, 0.05) is 37.5 Å². The van der Waals surface area contributed by atoms with Crippen molar-refractivity contribution in [2.45, 2.75) is 18.5 Å². The van der Waals surface area contributed by atoms with E-state index >= 15 is 0 Å². The summed E-state index contributed by atoms with van der Waals surface area (Å²) in [6.45, 7) is 5.92. The predicted octanol–water partition coefficient (Wildman–Crippen LogP) is 3.03.